The summed E-state index contributed by atoms with van der Waals surface area (Å²) >= 11 is 0. The number of sulfone groups is 1. The van der Waals surface area contributed by atoms with Crippen molar-refractivity contribution >= 4 is 26.8 Å². The van der Waals surface area contributed by atoms with Crippen LogP contribution in [0.25, 0.3) is 17.0 Å². The maximum absolute atomic E-state index is 12.5. The van der Waals surface area contributed by atoms with Gasteiger partial charge in [0.1, 0.15) is 0 Å². The Bertz CT molecular complexity index is 1040. The molecular formula is C23H28N2O2S. The summed E-state index contributed by atoms with van der Waals surface area (Å²) in [5.74, 6) is 0. The summed E-state index contributed by atoms with van der Waals surface area (Å²) in [6.45, 7) is 4.33. The van der Waals surface area contributed by atoms with Crippen LogP contribution in [-0.4, -0.2) is 38.4 Å². The van der Waals surface area contributed by atoms with Crippen LogP contribution in [0.2, 0.25) is 0 Å². The number of fused-ring (bicyclic) bond motifs is 1. The number of nitrogens with zero attached hydrogens (tertiary/aromatic N) is 1. The van der Waals surface area contributed by atoms with Gasteiger partial charge in [-0.05, 0) is 67.9 Å². The molecule has 2 aromatic carbocycles. The van der Waals surface area contributed by atoms with Crippen LogP contribution >= 0.6 is 0 Å². The molecule has 0 spiro atoms. The van der Waals surface area contributed by atoms with Gasteiger partial charge in [-0.2, -0.15) is 0 Å². The zero-order chi connectivity index (χ0) is 20.0. The van der Waals surface area contributed by atoms with E-state index in [0.717, 1.165) is 36.0 Å². The molecule has 0 aliphatic rings. The molecular weight excluding hydrogens is 368 g/mol. The van der Waals surface area contributed by atoms with E-state index in [4.69, 9.17) is 0 Å². The lowest BCUT2D eigenvalue weighted by atomic mass is 10.1. The minimum absolute atomic E-state index is 0.310. The van der Waals surface area contributed by atoms with Gasteiger partial charge in [-0.1, -0.05) is 37.6 Å². The van der Waals surface area contributed by atoms with Gasteiger partial charge < -0.3 is 9.88 Å². The SMILES string of the molecule is CCCCN(C)CCc1c[nH]c2ccc(C=CS(=O)(=O)c3ccccc3)cc12. The highest BCUT2D eigenvalue weighted by atomic mass is 32.2. The van der Waals surface area contributed by atoms with Crippen LogP contribution in [-0.2, 0) is 16.3 Å². The highest BCUT2D eigenvalue weighted by Crippen LogP contribution is 2.22. The van der Waals surface area contributed by atoms with Gasteiger partial charge in [-0.15, -0.1) is 0 Å². The Morgan fingerprint density at radius 2 is 1.86 bits per heavy atom. The molecule has 0 radical (unpaired) electrons. The van der Waals surface area contributed by atoms with Crippen molar-refractivity contribution in [3.63, 3.8) is 0 Å². The molecule has 0 saturated carbocycles. The summed E-state index contributed by atoms with van der Waals surface area (Å²) in [4.78, 5) is 5.99. The second-order valence-electron chi connectivity index (χ2n) is 7.19. The molecule has 0 saturated heterocycles. The molecule has 0 atom stereocenters. The number of nitrogens with one attached hydrogen (secondary N) is 1. The van der Waals surface area contributed by atoms with Crippen LogP contribution < -0.4 is 0 Å². The first-order valence-electron chi connectivity index (χ1n) is 9.76. The lowest BCUT2D eigenvalue weighted by Crippen LogP contribution is -2.22. The molecule has 3 aromatic rings. The van der Waals surface area contributed by atoms with Crippen molar-refractivity contribution in [3.05, 3.63) is 71.3 Å². The highest BCUT2D eigenvalue weighted by Gasteiger charge is 2.10. The Morgan fingerprint density at radius 1 is 1.07 bits per heavy atom. The molecule has 148 valence electrons. The molecule has 1 N–H and O–H groups in total. The van der Waals surface area contributed by atoms with Gasteiger partial charge in [0.05, 0.1) is 4.90 Å². The average Bonchev–Trinajstić information content (AvgIpc) is 3.12. The molecule has 0 aliphatic carbocycles. The van der Waals surface area contributed by atoms with E-state index in [1.54, 1.807) is 30.3 Å². The number of aromatic nitrogens is 1. The fourth-order valence-corrected chi connectivity index (χ4v) is 4.24. The summed E-state index contributed by atoms with van der Waals surface area (Å²) in [5, 5.41) is 2.44. The Balaban J connectivity index is 1.76. The summed E-state index contributed by atoms with van der Waals surface area (Å²) in [6, 6.07) is 14.5. The topological polar surface area (TPSA) is 53.2 Å². The van der Waals surface area contributed by atoms with E-state index in [9.17, 15) is 8.42 Å². The number of likely N-dealkylation sites (N-methyl/N-ethyl adjacent to an activating group) is 1. The summed E-state index contributed by atoms with van der Waals surface area (Å²) in [6.07, 6.45) is 7.13. The second-order valence-corrected chi connectivity index (χ2v) is 9.02. The first-order valence-corrected chi connectivity index (χ1v) is 11.3. The first-order chi connectivity index (χ1) is 13.5. The van der Waals surface area contributed by atoms with Gasteiger partial charge in [0.25, 0.3) is 0 Å². The Morgan fingerprint density at radius 3 is 2.61 bits per heavy atom. The van der Waals surface area contributed by atoms with Crippen LogP contribution in [0.4, 0.5) is 0 Å². The summed E-state index contributed by atoms with van der Waals surface area (Å²) in [7, 11) is -1.27. The number of hydrogen-bond donors (Lipinski definition) is 1. The van der Waals surface area contributed by atoms with Gasteiger partial charge in [-0.25, -0.2) is 8.42 Å². The number of aromatic amines is 1. The zero-order valence-electron chi connectivity index (χ0n) is 16.6. The van der Waals surface area contributed by atoms with Crippen LogP contribution in [0.3, 0.4) is 0 Å². The summed E-state index contributed by atoms with van der Waals surface area (Å²) < 4.78 is 24.9. The molecule has 28 heavy (non-hydrogen) atoms. The van der Waals surface area contributed by atoms with Crippen molar-refractivity contribution in [2.75, 3.05) is 20.1 Å². The zero-order valence-corrected chi connectivity index (χ0v) is 17.4. The van der Waals surface area contributed by atoms with E-state index in [1.165, 1.54) is 23.8 Å². The van der Waals surface area contributed by atoms with Crippen LogP contribution in [0.5, 0.6) is 0 Å². The molecule has 0 aliphatic heterocycles. The van der Waals surface area contributed by atoms with Gasteiger partial charge in [0.2, 0.25) is 0 Å². The molecule has 3 rings (SSSR count). The second kappa shape index (κ2) is 9.22. The largest absolute Gasteiger partial charge is 0.361 e. The third-order valence-corrected chi connectivity index (χ3v) is 6.38. The van der Waals surface area contributed by atoms with Gasteiger partial charge in [-0.3, -0.25) is 0 Å². The molecule has 1 aromatic heterocycles. The predicted octanol–water partition coefficient (Wildman–Crippen LogP) is 4.89. The van der Waals surface area contributed by atoms with E-state index in [2.05, 4.69) is 36.1 Å². The normalized spacial score (nSPS) is 12.4. The van der Waals surface area contributed by atoms with Crippen molar-refractivity contribution in [2.45, 2.75) is 31.1 Å². The lowest BCUT2D eigenvalue weighted by molar-refractivity contribution is 0.332. The summed E-state index contributed by atoms with van der Waals surface area (Å²) in [5.41, 5.74) is 3.22. The maximum atomic E-state index is 12.5. The molecule has 0 amide bonds. The Hall–Kier alpha value is -2.37. The lowest BCUT2D eigenvalue weighted by Gasteiger charge is -2.15. The quantitative estimate of drug-likeness (QED) is 0.560. The van der Waals surface area contributed by atoms with Crippen molar-refractivity contribution in [1.29, 1.82) is 0 Å². The molecule has 1 heterocycles. The number of H-pyrrole nitrogens is 1. The van der Waals surface area contributed by atoms with Gasteiger partial charge >= 0.3 is 0 Å². The fourth-order valence-electron chi connectivity index (χ4n) is 3.21. The van der Waals surface area contributed by atoms with Crippen molar-refractivity contribution in [2.24, 2.45) is 0 Å². The molecule has 0 fully saturated rings. The monoisotopic (exact) mass is 396 g/mol. The molecule has 5 heteroatoms. The number of rotatable bonds is 9. The predicted molar refractivity (Wildman–Crippen MR) is 117 cm³/mol. The fraction of sp³-hybridized carbons (Fsp3) is 0.304. The van der Waals surface area contributed by atoms with Crippen molar-refractivity contribution < 1.29 is 8.42 Å². The highest BCUT2D eigenvalue weighted by molar-refractivity contribution is 7.94. The van der Waals surface area contributed by atoms with Crippen LogP contribution in [0.1, 0.15) is 30.9 Å². The minimum atomic E-state index is -3.43. The number of hydrogen-bond acceptors (Lipinski definition) is 3. The maximum Gasteiger partial charge on any atom is 0.199 e. The van der Waals surface area contributed by atoms with Crippen molar-refractivity contribution in [1.82, 2.24) is 9.88 Å². The Labute approximate surface area is 167 Å². The smallest absolute Gasteiger partial charge is 0.199 e. The number of benzene rings is 2. The van der Waals surface area contributed by atoms with E-state index in [1.807, 2.05) is 18.2 Å². The standard InChI is InChI=1S/C23H28N2O2S/c1-3-4-14-25(2)15-12-20-18-24-23-11-10-19(17-22(20)23)13-16-28(26,27)21-8-6-5-7-9-21/h5-11,13,16-18,24H,3-4,12,14-15H2,1-2H3. The molecule has 4 nitrogen and oxygen atoms in total. The average molecular weight is 397 g/mol. The molecule has 0 unspecified atom stereocenters. The van der Waals surface area contributed by atoms with E-state index < -0.39 is 9.84 Å². The van der Waals surface area contributed by atoms with Gasteiger partial charge in [0, 0.05) is 29.1 Å². The first kappa shape index (κ1) is 20.4. The third-order valence-electron chi connectivity index (χ3n) is 4.96. The number of unbranched alkanes of at least 4 members (excludes halogenated alkanes) is 1. The minimum Gasteiger partial charge on any atom is -0.361 e. The van der Waals surface area contributed by atoms with E-state index in [-0.39, 0.29) is 0 Å². The Kier molecular flexibility index (Phi) is 6.70. The van der Waals surface area contributed by atoms with Crippen LogP contribution in [0.15, 0.2) is 65.0 Å². The van der Waals surface area contributed by atoms with E-state index >= 15 is 0 Å². The van der Waals surface area contributed by atoms with Crippen LogP contribution in [0, 0.1) is 0 Å². The molecule has 0 bridgehead atoms. The van der Waals surface area contributed by atoms with Gasteiger partial charge in [0.15, 0.2) is 9.84 Å². The third kappa shape index (κ3) is 5.12. The van der Waals surface area contributed by atoms with E-state index in [0.29, 0.717) is 4.90 Å². The van der Waals surface area contributed by atoms with Crippen molar-refractivity contribution in [3.8, 4) is 0 Å².